The van der Waals surface area contributed by atoms with Gasteiger partial charge in [0.05, 0.1) is 6.42 Å². The van der Waals surface area contributed by atoms with E-state index in [0.29, 0.717) is 6.42 Å². The molecule has 0 rings (SSSR count). The SMILES string of the molecule is O=[C]CC(=O)CCCCCCCCCBr. The normalized spacial score (nSPS) is 10.2. The first-order valence-corrected chi connectivity index (χ1v) is 6.86. The van der Waals surface area contributed by atoms with E-state index in [1.165, 1.54) is 32.1 Å². The van der Waals surface area contributed by atoms with Gasteiger partial charge in [0, 0.05) is 11.8 Å². The van der Waals surface area contributed by atoms with E-state index in [9.17, 15) is 9.59 Å². The first kappa shape index (κ1) is 14.8. The third-order valence-corrected chi connectivity index (χ3v) is 2.92. The molecule has 0 N–H and O–H groups in total. The Morgan fingerprint density at radius 1 is 0.933 bits per heavy atom. The molecule has 0 aliphatic heterocycles. The van der Waals surface area contributed by atoms with Crippen LogP contribution in [-0.4, -0.2) is 17.4 Å². The van der Waals surface area contributed by atoms with Crippen molar-refractivity contribution in [3.63, 3.8) is 0 Å². The molecule has 0 aromatic heterocycles. The van der Waals surface area contributed by atoms with Gasteiger partial charge < -0.3 is 0 Å². The quantitative estimate of drug-likeness (QED) is 0.328. The summed E-state index contributed by atoms with van der Waals surface area (Å²) >= 11 is 3.41. The molecule has 0 fully saturated rings. The number of rotatable bonds is 11. The fraction of sp³-hybridized carbons (Fsp3) is 0.833. The number of alkyl halides is 1. The lowest BCUT2D eigenvalue weighted by Crippen LogP contribution is -1.97. The minimum atomic E-state index is -0.0226. The van der Waals surface area contributed by atoms with Crippen molar-refractivity contribution >= 4 is 28.0 Å². The molecule has 87 valence electrons. The van der Waals surface area contributed by atoms with Crippen LogP contribution < -0.4 is 0 Å². The fourth-order valence-electron chi connectivity index (χ4n) is 1.47. The predicted molar refractivity (Wildman–Crippen MR) is 66.0 cm³/mol. The van der Waals surface area contributed by atoms with Crippen LogP contribution in [0.2, 0.25) is 0 Å². The van der Waals surface area contributed by atoms with Gasteiger partial charge in [-0.15, -0.1) is 0 Å². The van der Waals surface area contributed by atoms with Crippen LogP contribution in [0.15, 0.2) is 0 Å². The molecule has 0 amide bonds. The van der Waals surface area contributed by atoms with Gasteiger partial charge in [0.15, 0.2) is 0 Å². The molecule has 3 heteroatoms. The van der Waals surface area contributed by atoms with Crippen LogP contribution in [-0.2, 0) is 9.59 Å². The van der Waals surface area contributed by atoms with Gasteiger partial charge in [0.25, 0.3) is 0 Å². The van der Waals surface area contributed by atoms with Gasteiger partial charge in [-0.25, -0.2) is 0 Å². The second-order valence-electron chi connectivity index (χ2n) is 3.77. The summed E-state index contributed by atoms with van der Waals surface area (Å²) < 4.78 is 0. The van der Waals surface area contributed by atoms with Crippen LogP contribution in [0.1, 0.15) is 57.8 Å². The lowest BCUT2D eigenvalue weighted by Gasteiger charge is -2.00. The van der Waals surface area contributed by atoms with E-state index >= 15 is 0 Å². The Kier molecular flexibility index (Phi) is 11.7. The van der Waals surface area contributed by atoms with Crippen molar-refractivity contribution < 1.29 is 9.59 Å². The highest BCUT2D eigenvalue weighted by Gasteiger charge is 2.00. The largest absolute Gasteiger partial charge is 0.299 e. The number of ketones is 1. The lowest BCUT2D eigenvalue weighted by atomic mass is 10.1. The second-order valence-corrected chi connectivity index (χ2v) is 4.57. The van der Waals surface area contributed by atoms with Crippen molar-refractivity contribution in [3.05, 3.63) is 0 Å². The average molecular weight is 276 g/mol. The highest BCUT2D eigenvalue weighted by molar-refractivity contribution is 9.09. The number of carbonyl (C=O) groups is 1. The Morgan fingerprint density at radius 2 is 1.47 bits per heavy atom. The minimum absolute atomic E-state index is 0.0226. The van der Waals surface area contributed by atoms with E-state index in [0.717, 1.165) is 18.2 Å². The fourth-order valence-corrected chi connectivity index (χ4v) is 1.87. The van der Waals surface area contributed by atoms with Gasteiger partial charge in [-0.05, 0) is 12.8 Å². The Balaban J connectivity index is 3.04. The molecule has 0 unspecified atom stereocenters. The molecular weight excluding hydrogens is 256 g/mol. The van der Waals surface area contributed by atoms with Gasteiger partial charge in [-0.3, -0.25) is 9.59 Å². The summed E-state index contributed by atoms with van der Waals surface area (Å²) in [7, 11) is 0. The summed E-state index contributed by atoms with van der Waals surface area (Å²) in [6.45, 7) is 0. The van der Waals surface area contributed by atoms with Gasteiger partial charge in [0.2, 0.25) is 6.29 Å². The zero-order valence-corrected chi connectivity index (χ0v) is 10.9. The Morgan fingerprint density at radius 3 is 2.00 bits per heavy atom. The summed E-state index contributed by atoms with van der Waals surface area (Å²) in [6, 6.07) is 0. The molecular formula is C12H20BrO2. The maximum absolute atomic E-state index is 10.9. The predicted octanol–water partition coefficient (Wildman–Crippen LogP) is 3.57. The summed E-state index contributed by atoms with van der Waals surface area (Å²) in [5, 5.41) is 1.10. The van der Waals surface area contributed by atoms with Crippen LogP contribution in [0.5, 0.6) is 0 Å². The standard InChI is InChI=1S/C12H20BrO2/c13-10-7-5-3-1-2-4-6-8-12(15)9-11-14/h1-10H2. The molecule has 0 saturated carbocycles. The van der Waals surface area contributed by atoms with Gasteiger partial charge in [-0.2, -0.15) is 0 Å². The molecule has 2 nitrogen and oxygen atoms in total. The van der Waals surface area contributed by atoms with Crippen molar-refractivity contribution in [2.24, 2.45) is 0 Å². The topological polar surface area (TPSA) is 34.1 Å². The maximum atomic E-state index is 10.9. The van der Waals surface area contributed by atoms with Crippen LogP contribution in [0.4, 0.5) is 0 Å². The van der Waals surface area contributed by atoms with Gasteiger partial charge in [0.1, 0.15) is 5.78 Å². The maximum Gasteiger partial charge on any atom is 0.206 e. The second kappa shape index (κ2) is 11.9. The van der Waals surface area contributed by atoms with E-state index in [1.54, 1.807) is 6.29 Å². The van der Waals surface area contributed by atoms with E-state index in [4.69, 9.17) is 0 Å². The molecule has 15 heavy (non-hydrogen) atoms. The molecule has 0 aromatic rings. The molecule has 0 heterocycles. The zero-order chi connectivity index (χ0) is 11.4. The van der Waals surface area contributed by atoms with E-state index in [1.807, 2.05) is 0 Å². The number of hydrogen-bond donors (Lipinski definition) is 0. The number of carbonyl (C=O) groups excluding carboxylic acids is 2. The van der Waals surface area contributed by atoms with Crippen LogP contribution in [0.25, 0.3) is 0 Å². The smallest absolute Gasteiger partial charge is 0.206 e. The molecule has 0 spiro atoms. The third-order valence-electron chi connectivity index (χ3n) is 2.36. The average Bonchev–Trinajstić information content (AvgIpc) is 2.22. The molecule has 1 radical (unpaired) electrons. The Labute approximate surface area is 101 Å². The third kappa shape index (κ3) is 11.7. The molecule has 0 bridgehead atoms. The molecule has 0 aliphatic carbocycles. The molecule has 0 saturated heterocycles. The number of halogens is 1. The lowest BCUT2D eigenvalue weighted by molar-refractivity contribution is -0.118. The number of hydrogen-bond acceptors (Lipinski definition) is 2. The Bertz CT molecular complexity index is 169. The number of unbranched alkanes of at least 4 members (excludes halogenated alkanes) is 6. The minimum Gasteiger partial charge on any atom is -0.299 e. The monoisotopic (exact) mass is 275 g/mol. The van der Waals surface area contributed by atoms with Gasteiger partial charge >= 0.3 is 0 Å². The van der Waals surface area contributed by atoms with Crippen LogP contribution >= 0.6 is 15.9 Å². The molecule has 0 aromatic carbocycles. The molecule has 0 atom stereocenters. The first-order chi connectivity index (χ1) is 7.31. The van der Waals surface area contributed by atoms with E-state index < -0.39 is 0 Å². The summed E-state index contributed by atoms with van der Waals surface area (Å²) in [4.78, 5) is 20.9. The van der Waals surface area contributed by atoms with E-state index in [-0.39, 0.29) is 12.2 Å². The highest BCUT2D eigenvalue weighted by Crippen LogP contribution is 2.09. The zero-order valence-electron chi connectivity index (χ0n) is 9.27. The molecule has 0 aliphatic rings. The highest BCUT2D eigenvalue weighted by atomic mass is 79.9. The van der Waals surface area contributed by atoms with Crippen molar-refractivity contribution in [1.29, 1.82) is 0 Å². The summed E-state index contributed by atoms with van der Waals surface area (Å²) in [5.41, 5.74) is 0. The summed E-state index contributed by atoms with van der Waals surface area (Å²) in [6.07, 6.45) is 10.5. The van der Waals surface area contributed by atoms with Crippen molar-refractivity contribution in [2.75, 3.05) is 5.33 Å². The summed E-state index contributed by atoms with van der Waals surface area (Å²) in [5.74, 6) is 0.0317. The van der Waals surface area contributed by atoms with Crippen LogP contribution in [0.3, 0.4) is 0 Å². The first-order valence-electron chi connectivity index (χ1n) is 5.74. The van der Waals surface area contributed by atoms with Crippen molar-refractivity contribution in [2.45, 2.75) is 57.8 Å². The van der Waals surface area contributed by atoms with Crippen molar-refractivity contribution in [1.82, 2.24) is 0 Å². The number of Topliss-reactive ketones (excluding diaryl/α,β-unsaturated/α-hetero) is 1. The van der Waals surface area contributed by atoms with E-state index in [2.05, 4.69) is 15.9 Å². The van der Waals surface area contributed by atoms with Crippen molar-refractivity contribution in [3.8, 4) is 0 Å². The van der Waals surface area contributed by atoms with Crippen LogP contribution in [0, 0.1) is 0 Å². The van der Waals surface area contributed by atoms with Gasteiger partial charge in [-0.1, -0.05) is 48.0 Å². The Hall–Kier alpha value is -0.180.